The second kappa shape index (κ2) is 5.06. The van der Waals surface area contributed by atoms with Crippen LogP contribution in [0.15, 0.2) is 53.0 Å². The van der Waals surface area contributed by atoms with E-state index < -0.39 is 5.92 Å². The van der Waals surface area contributed by atoms with E-state index in [9.17, 15) is 8.78 Å². The van der Waals surface area contributed by atoms with E-state index in [4.69, 9.17) is 4.74 Å². The van der Waals surface area contributed by atoms with Crippen LogP contribution in [-0.2, 0) is 5.92 Å². The Labute approximate surface area is 113 Å². The Bertz CT molecular complexity index is 538. The fourth-order valence-electron chi connectivity index (χ4n) is 1.64. The van der Waals surface area contributed by atoms with Crippen molar-refractivity contribution in [1.82, 2.24) is 0 Å². The lowest BCUT2D eigenvalue weighted by Crippen LogP contribution is -2.15. The Morgan fingerprint density at radius 1 is 1.00 bits per heavy atom. The van der Waals surface area contributed by atoms with Crippen LogP contribution >= 0.6 is 15.9 Å². The van der Waals surface area contributed by atoms with E-state index in [2.05, 4.69) is 15.9 Å². The SMILES string of the molecule is COc1cccc(C(F)(F)c2ccc(Br)cc2)c1. The molecule has 0 saturated heterocycles. The van der Waals surface area contributed by atoms with Crippen molar-refractivity contribution in [3.05, 3.63) is 64.1 Å². The fourth-order valence-corrected chi connectivity index (χ4v) is 1.91. The van der Waals surface area contributed by atoms with Gasteiger partial charge in [-0.1, -0.05) is 40.2 Å². The van der Waals surface area contributed by atoms with Crippen molar-refractivity contribution in [2.24, 2.45) is 0 Å². The van der Waals surface area contributed by atoms with Gasteiger partial charge in [-0.15, -0.1) is 0 Å². The molecule has 2 aromatic rings. The molecule has 0 atom stereocenters. The largest absolute Gasteiger partial charge is 0.497 e. The molecule has 0 aliphatic rings. The van der Waals surface area contributed by atoms with E-state index in [0.717, 1.165) is 4.47 Å². The quantitative estimate of drug-likeness (QED) is 0.805. The normalized spacial score (nSPS) is 11.3. The first-order chi connectivity index (χ1) is 8.54. The molecule has 2 rings (SSSR count). The molecule has 0 aromatic heterocycles. The first kappa shape index (κ1) is 13.0. The van der Waals surface area contributed by atoms with Crippen molar-refractivity contribution in [3.63, 3.8) is 0 Å². The van der Waals surface area contributed by atoms with Gasteiger partial charge >= 0.3 is 0 Å². The molecule has 0 spiro atoms. The third-order valence-corrected chi connectivity index (χ3v) is 3.17. The van der Waals surface area contributed by atoms with E-state index in [1.165, 1.54) is 31.4 Å². The molecule has 1 nitrogen and oxygen atoms in total. The lowest BCUT2D eigenvalue weighted by atomic mass is 10.0. The second-order valence-corrected chi connectivity index (χ2v) is 4.73. The average Bonchev–Trinajstić information content (AvgIpc) is 2.39. The van der Waals surface area contributed by atoms with E-state index in [1.54, 1.807) is 24.3 Å². The monoisotopic (exact) mass is 312 g/mol. The number of ether oxygens (including phenoxy) is 1. The number of alkyl halides is 2. The second-order valence-electron chi connectivity index (χ2n) is 3.81. The molecule has 0 heterocycles. The minimum Gasteiger partial charge on any atom is -0.497 e. The van der Waals surface area contributed by atoms with Gasteiger partial charge in [0, 0.05) is 15.6 Å². The molecule has 0 amide bonds. The summed E-state index contributed by atoms with van der Waals surface area (Å²) < 4.78 is 34.3. The Morgan fingerprint density at radius 2 is 1.67 bits per heavy atom. The van der Waals surface area contributed by atoms with Gasteiger partial charge in [0.2, 0.25) is 0 Å². The van der Waals surface area contributed by atoms with Crippen LogP contribution in [0.2, 0.25) is 0 Å². The minimum absolute atomic E-state index is 0.0426. The molecule has 4 heteroatoms. The molecule has 2 aromatic carbocycles. The smallest absolute Gasteiger partial charge is 0.298 e. The number of hydrogen-bond acceptors (Lipinski definition) is 1. The van der Waals surface area contributed by atoms with Crippen LogP contribution in [0, 0.1) is 0 Å². The van der Waals surface area contributed by atoms with Crippen LogP contribution in [0.25, 0.3) is 0 Å². The summed E-state index contributed by atoms with van der Waals surface area (Å²) in [6, 6.07) is 12.0. The summed E-state index contributed by atoms with van der Waals surface area (Å²) in [5.41, 5.74) is -0.122. The summed E-state index contributed by atoms with van der Waals surface area (Å²) in [6.45, 7) is 0. The highest BCUT2D eigenvalue weighted by molar-refractivity contribution is 9.10. The van der Waals surface area contributed by atoms with Crippen LogP contribution in [0.5, 0.6) is 5.75 Å². The van der Waals surface area contributed by atoms with Gasteiger partial charge in [0.05, 0.1) is 7.11 Å². The van der Waals surface area contributed by atoms with Crippen molar-refractivity contribution in [2.45, 2.75) is 5.92 Å². The van der Waals surface area contributed by atoms with Gasteiger partial charge in [-0.25, -0.2) is 0 Å². The van der Waals surface area contributed by atoms with Crippen LogP contribution in [0.3, 0.4) is 0 Å². The zero-order valence-corrected chi connectivity index (χ0v) is 11.2. The predicted molar refractivity (Wildman–Crippen MR) is 70.1 cm³/mol. The maximum Gasteiger partial charge on any atom is 0.298 e. The molecule has 0 aliphatic heterocycles. The van der Waals surface area contributed by atoms with E-state index >= 15 is 0 Å². The van der Waals surface area contributed by atoms with Gasteiger partial charge in [-0.2, -0.15) is 8.78 Å². The highest BCUT2D eigenvalue weighted by Crippen LogP contribution is 2.37. The lowest BCUT2D eigenvalue weighted by molar-refractivity contribution is 0.0426. The summed E-state index contributed by atoms with van der Waals surface area (Å²) in [5, 5.41) is 0. The Balaban J connectivity index is 2.43. The maximum atomic E-state index is 14.3. The molecule has 0 N–H and O–H groups in total. The maximum absolute atomic E-state index is 14.3. The molecule has 0 bridgehead atoms. The molecule has 0 unspecified atom stereocenters. The summed E-state index contributed by atoms with van der Waals surface area (Å²) in [4.78, 5) is 0. The Morgan fingerprint density at radius 3 is 2.28 bits per heavy atom. The fraction of sp³-hybridized carbons (Fsp3) is 0.143. The van der Waals surface area contributed by atoms with E-state index in [-0.39, 0.29) is 11.1 Å². The first-order valence-electron chi connectivity index (χ1n) is 5.32. The van der Waals surface area contributed by atoms with Crippen molar-refractivity contribution >= 4 is 15.9 Å². The number of rotatable bonds is 3. The summed E-state index contributed by atoms with van der Waals surface area (Å²) in [5.74, 6) is -2.61. The molecular formula is C14H11BrF2O. The van der Waals surface area contributed by atoms with Crippen molar-refractivity contribution < 1.29 is 13.5 Å². The van der Waals surface area contributed by atoms with Crippen LogP contribution in [0.4, 0.5) is 8.78 Å². The number of halogens is 3. The highest BCUT2D eigenvalue weighted by atomic mass is 79.9. The number of methoxy groups -OCH3 is 1. The van der Waals surface area contributed by atoms with Gasteiger partial charge in [-0.3, -0.25) is 0 Å². The van der Waals surface area contributed by atoms with Crippen LogP contribution in [-0.4, -0.2) is 7.11 Å². The zero-order valence-electron chi connectivity index (χ0n) is 9.66. The molecular weight excluding hydrogens is 302 g/mol. The molecule has 94 valence electrons. The predicted octanol–water partition coefficient (Wildman–Crippen LogP) is 4.60. The summed E-state index contributed by atoms with van der Waals surface area (Å²) in [7, 11) is 1.46. The summed E-state index contributed by atoms with van der Waals surface area (Å²) >= 11 is 3.23. The van der Waals surface area contributed by atoms with Gasteiger partial charge in [0.25, 0.3) is 5.92 Å². The van der Waals surface area contributed by atoms with Gasteiger partial charge in [0.1, 0.15) is 5.75 Å². The standard InChI is InChI=1S/C14H11BrF2O/c1-18-13-4-2-3-11(9-13)14(16,17)10-5-7-12(15)8-6-10/h2-9H,1H3. The molecule has 0 radical (unpaired) electrons. The van der Waals surface area contributed by atoms with Gasteiger partial charge in [-0.05, 0) is 24.3 Å². The van der Waals surface area contributed by atoms with Crippen LogP contribution < -0.4 is 4.74 Å². The Kier molecular flexibility index (Phi) is 3.66. The van der Waals surface area contributed by atoms with Crippen LogP contribution in [0.1, 0.15) is 11.1 Å². The van der Waals surface area contributed by atoms with Crippen molar-refractivity contribution in [2.75, 3.05) is 7.11 Å². The average molecular weight is 313 g/mol. The first-order valence-corrected chi connectivity index (χ1v) is 6.12. The topological polar surface area (TPSA) is 9.23 Å². The Hall–Kier alpha value is -1.42. The molecule has 18 heavy (non-hydrogen) atoms. The van der Waals surface area contributed by atoms with Crippen molar-refractivity contribution in [1.29, 1.82) is 0 Å². The highest BCUT2D eigenvalue weighted by Gasteiger charge is 2.34. The number of hydrogen-bond donors (Lipinski definition) is 0. The van der Waals surface area contributed by atoms with Gasteiger partial charge in [0.15, 0.2) is 0 Å². The zero-order chi connectivity index (χ0) is 13.2. The van der Waals surface area contributed by atoms with E-state index in [0.29, 0.717) is 5.75 Å². The third kappa shape index (κ3) is 2.53. The van der Waals surface area contributed by atoms with Crippen molar-refractivity contribution in [3.8, 4) is 5.75 Å². The lowest BCUT2D eigenvalue weighted by Gasteiger charge is -2.18. The minimum atomic E-state index is -3.03. The van der Waals surface area contributed by atoms with Gasteiger partial charge < -0.3 is 4.74 Å². The molecule has 0 aliphatic carbocycles. The van der Waals surface area contributed by atoms with E-state index in [1.807, 2.05) is 0 Å². The molecule has 0 fully saturated rings. The number of benzene rings is 2. The summed E-state index contributed by atoms with van der Waals surface area (Å²) in [6.07, 6.45) is 0. The molecule has 0 saturated carbocycles. The third-order valence-electron chi connectivity index (χ3n) is 2.64.